The van der Waals surface area contributed by atoms with Crippen LogP contribution in [0.25, 0.3) is 0 Å². The molecule has 1 aromatic rings. The number of hydrogen-bond acceptors (Lipinski definition) is 3. The molecule has 0 heterocycles. The van der Waals surface area contributed by atoms with E-state index < -0.39 is 11.9 Å². The maximum absolute atomic E-state index is 13.1. The monoisotopic (exact) mass is 293 g/mol. The van der Waals surface area contributed by atoms with Gasteiger partial charge in [0.2, 0.25) is 0 Å². The summed E-state index contributed by atoms with van der Waals surface area (Å²) in [5.41, 5.74) is 0.734. The Hall–Kier alpha value is -1.91. The summed E-state index contributed by atoms with van der Waals surface area (Å²) in [5.74, 6) is -0.860. The molecular weight excluding hydrogens is 273 g/mol. The highest BCUT2D eigenvalue weighted by Crippen LogP contribution is 2.27. The van der Waals surface area contributed by atoms with Crippen LogP contribution in [0.15, 0.2) is 24.3 Å². The average molecular weight is 293 g/mol. The maximum Gasteiger partial charge on any atom is 0.309 e. The molecule has 0 aromatic heterocycles. The van der Waals surface area contributed by atoms with Gasteiger partial charge in [-0.15, -0.1) is 0 Å². The van der Waals surface area contributed by atoms with Crippen molar-refractivity contribution in [2.24, 2.45) is 11.8 Å². The number of carbonyl (C=O) groups is 2. The van der Waals surface area contributed by atoms with Crippen LogP contribution in [0.5, 0.6) is 0 Å². The van der Waals surface area contributed by atoms with Gasteiger partial charge in [0.1, 0.15) is 5.82 Å². The van der Waals surface area contributed by atoms with Crippen LogP contribution in [0.2, 0.25) is 0 Å². The van der Waals surface area contributed by atoms with Gasteiger partial charge >= 0.3 is 5.97 Å². The molecule has 4 nitrogen and oxygen atoms in total. The van der Waals surface area contributed by atoms with Gasteiger partial charge in [-0.25, -0.2) is 4.39 Å². The molecule has 1 saturated carbocycles. The topological polar surface area (TPSA) is 55.4 Å². The number of carbonyl (C=O) groups excluding carboxylic acids is 2. The normalized spacial score (nSPS) is 15.3. The van der Waals surface area contributed by atoms with Gasteiger partial charge in [0.05, 0.1) is 5.92 Å². The van der Waals surface area contributed by atoms with E-state index in [1.807, 2.05) is 0 Å². The summed E-state index contributed by atoms with van der Waals surface area (Å²) in [5, 5.41) is 2.73. The number of nitrogens with one attached hydrogen (secondary N) is 1. The Bertz CT molecular complexity index is 514. The van der Waals surface area contributed by atoms with Gasteiger partial charge < -0.3 is 10.1 Å². The molecule has 1 amide bonds. The highest BCUT2D eigenvalue weighted by atomic mass is 19.1. The van der Waals surface area contributed by atoms with Crippen LogP contribution in [0, 0.1) is 17.7 Å². The Morgan fingerprint density at radius 2 is 2.19 bits per heavy atom. The summed E-state index contributed by atoms with van der Waals surface area (Å²) in [6.45, 7) is 2.11. The molecule has 1 aliphatic rings. The molecule has 0 spiro atoms. The number of rotatable bonds is 7. The third kappa shape index (κ3) is 5.53. The molecule has 1 aliphatic carbocycles. The lowest BCUT2D eigenvalue weighted by Gasteiger charge is -2.11. The Kier molecular flexibility index (Phi) is 5.31. The van der Waals surface area contributed by atoms with Gasteiger partial charge in [-0.2, -0.15) is 0 Å². The number of ether oxygens (including phenoxy) is 1. The van der Waals surface area contributed by atoms with Crippen molar-refractivity contribution >= 4 is 11.9 Å². The maximum atomic E-state index is 13.1. The van der Waals surface area contributed by atoms with Crippen LogP contribution in [-0.4, -0.2) is 25.0 Å². The smallest absolute Gasteiger partial charge is 0.309 e. The van der Waals surface area contributed by atoms with Crippen molar-refractivity contribution in [3.63, 3.8) is 0 Å². The minimum Gasteiger partial charge on any atom is -0.455 e. The molecule has 21 heavy (non-hydrogen) atoms. The molecular formula is C16H20FNO3. The molecule has 1 aromatic carbocycles. The van der Waals surface area contributed by atoms with E-state index in [0.717, 1.165) is 18.4 Å². The van der Waals surface area contributed by atoms with Crippen molar-refractivity contribution in [3.05, 3.63) is 35.6 Å². The number of halogens is 1. The van der Waals surface area contributed by atoms with Gasteiger partial charge in [0.15, 0.2) is 6.61 Å². The largest absolute Gasteiger partial charge is 0.455 e. The predicted octanol–water partition coefficient (Wildman–Crippen LogP) is 2.07. The summed E-state index contributed by atoms with van der Waals surface area (Å²) in [6.07, 6.45) is 2.70. The molecule has 114 valence electrons. The molecule has 1 unspecified atom stereocenters. The summed E-state index contributed by atoms with van der Waals surface area (Å²) < 4.78 is 18.0. The molecule has 1 fully saturated rings. The van der Waals surface area contributed by atoms with E-state index in [9.17, 15) is 14.0 Å². The number of benzene rings is 1. The molecule has 0 saturated heterocycles. The van der Waals surface area contributed by atoms with E-state index in [4.69, 9.17) is 4.74 Å². The van der Waals surface area contributed by atoms with Crippen LogP contribution in [0.4, 0.5) is 4.39 Å². The summed E-state index contributed by atoms with van der Waals surface area (Å²) in [6, 6.07) is 6.12. The van der Waals surface area contributed by atoms with E-state index in [1.54, 1.807) is 19.1 Å². The van der Waals surface area contributed by atoms with Crippen LogP contribution < -0.4 is 5.32 Å². The van der Waals surface area contributed by atoms with Gasteiger partial charge in [-0.05, 0) is 42.9 Å². The molecule has 1 N–H and O–H groups in total. The first-order chi connectivity index (χ1) is 10.0. The Labute approximate surface area is 123 Å². The second kappa shape index (κ2) is 7.20. The quantitative estimate of drug-likeness (QED) is 0.783. The summed E-state index contributed by atoms with van der Waals surface area (Å²) >= 11 is 0. The van der Waals surface area contributed by atoms with Gasteiger partial charge in [-0.1, -0.05) is 19.1 Å². The average Bonchev–Trinajstić information content (AvgIpc) is 3.26. The first kappa shape index (κ1) is 15.5. The van der Waals surface area contributed by atoms with E-state index in [1.165, 1.54) is 12.1 Å². The van der Waals surface area contributed by atoms with E-state index in [2.05, 4.69) is 5.32 Å². The minimum atomic E-state index is -0.444. The fraction of sp³-hybridized carbons (Fsp3) is 0.500. The summed E-state index contributed by atoms with van der Waals surface area (Å²) in [7, 11) is 0. The van der Waals surface area contributed by atoms with Crippen LogP contribution in [0.1, 0.15) is 25.3 Å². The first-order valence-corrected chi connectivity index (χ1v) is 7.22. The van der Waals surface area contributed by atoms with Crippen molar-refractivity contribution in [2.75, 3.05) is 13.2 Å². The van der Waals surface area contributed by atoms with Gasteiger partial charge in [0, 0.05) is 6.54 Å². The van der Waals surface area contributed by atoms with Crippen molar-refractivity contribution < 1.29 is 18.7 Å². The lowest BCUT2D eigenvalue weighted by molar-refractivity contribution is -0.152. The zero-order valence-corrected chi connectivity index (χ0v) is 12.1. The SMILES string of the molecule is CC(Cc1cccc(F)c1)C(=O)OCC(=O)NCC1CC1. The third-order valence-corrected chi connectivity index (χ3v) is 3.46. The van der Waals surface area contributed by atoms with Gasteiger partial charge in [0.25, 0.3) is 5.91 Å². The molecule has 0 aliphatic heterocycles. The molecule has 0 radical (unpaired) electrons. The van der Waals surface area contributed by atoms with Crippen molar-refractivity contribution in [1.29, 1.82) is 0 Å². The predicted molar refractivity (Wildman–Crippen MR) is 76.0 cm³/mol. The second-order valence-corrected chi connectivity index (χ2v) is 5.59. The van der Waals surface area contributed by atoms with Crippen LogP contribution >= 0.6 is 0 Å². The van der Waals surface area contributed by atoms with Crippen molar-refractivity contribution in [2.45, 2.75) is 26.2 Å². The van der Waals surface area contributed by atoms with Crippen LogP contribution in [-0.2, 0) is 20.7 Å². The second-order valence-electron chi connectivity index (χ2n) is 5.59. The zero-order chi connectivity index (χ0) is 15.2. The minimum absolute atomic E-state index is 0.251. The molecule has 1 atom stereocenters. The van der Waals surface area contributed by atoms with Crippen LogP contribution in [0.3, 0.4) is 0 Å². The van der Waals surface area contributed by atoms with Gasteiger partial charge in [-0.3, -0.25) is 9.59 Å². The first-order valence-electron chi connectivity index (χ1n) is 7.22. The molecule has 2 rings (SSSR count). The standard InChI is InChI=1S/C16H20FNO3/c1-11(7-13-3-2-4-14(17)8-13)16(20)21-10-15(19)18-9-12-5-6-12/h2-4,8,11-12H,5-7,9-10H2,1H3,(H,18,19). The zero-order valence-electron chi connectivity index (χ0n) is 12.1. The third-order valence-electron chi connectivity index (χ3n) is 3.46. The number of esters is 1. The molecule has 5 heteroatoms. The Morgan fingerprint density at radius 3 is 2.86 bits per heavy atom. The lowest BCUT2D eigenvalue weighted by atomic mass is 10.0. The van der Waals surface area contributed by atoms with E-state index in [0.29, 0.717) is 18.9 Å². The Balaban J connectivity index is 1.70. The lowest BCUT2D eigenvalue weighted by Crippen LogP contribution is -2.31. The van der Waals surface area contributed by atoms with E-state index >= 15 is 0 Å². The van der Waals surface area contributed by atoms with Crippen molar-refractivity contribution in [1.82, 2.24) is 5.32 Å². The molecule has 0 bridgehead atoms. The fourth-order valence-corrected chi connectivity index (χ4v) is 2.01. The fourth-order valence-electron chi connectivity index (χ4n) is 2.01. The summed E-state index contributed by atoms with van der Waals surface area (Å²) in [4.78, 5) is 23.3. The van der Waals surface area contributed by atoms with Crippen molar-refractivity contribution in [3.8, 4) is 0 Å². The van der Waals surface area contributed by atoms with E-state index in [-0.39, 0.29) is 18.3 Å². The Morgan fingerprint density at radius 1 is 1.43 bits per heavy atom. The highest BCUT2D eigenvalue weighted by Gasteiger charge is 2.22. The highest BCUT2D eigenvalue weighted by molar-refractivity contribution is 5.81. The number of hydrogen-bond donors (Lipinski definition) is 1. The number of amides is 1.